The Balaban J connectivity index is 1.54. The second-order valence-corrected chi connectivity index (χ2v) is 8.87. The summed E-state index contributed by atoms with van der Waals surface area (Å²) in [6.45, 7) is 0.764. The van der Waals surface area contributed by atoms with Gasteiger partial charge in [0.1, 0.15) is 6.10 Å². The Morgan fingerprint density at radius 2 is 1.89 bits per heavy atom. The molecule has 0 aliphatic rings. The molecule has 3 rings (SSSR count). The van der Waals surface area contributed by atoms with Gasteiger partial charge >= 0.3 is 0 Å². The van der Waals surface area contributed by atoms with Crippen LogP contribution in [-0.4, -0.2) is 33.1 Å². The smallest absolute Gasteiger partial charge is 0.238 e. The number of hydrogen-bond donors (Lipinski definition) is 4. The van der Waals surface area contributed by atoms with Gasteiger partial charge in [-0.1, -0.05) is 30.3 Å². The van der Waals surface area contributed by atoms with Crippen LogP contribution in [0, 0.1) is 0 Å². The van der Waals surface area contributed by atoms with Crippen LogP contribution in [0.2, 0.25) is 0 Å². The Morgan fingerprint density at radius 1 is 1.18 bits per heavy atom. The second-order valence-electron chi connectivity index (χ2n) is 6.20. The first-order valence-electron chi connectivity index (χ1n) is 8.59. The number of benzene rings is 2. The zero-order valence-corrected chi connectivity index (χ0v) is 16.9. The molecule has 1 heterocycles. The van der Waals surface area contributed by atoms with Crippen LogP contribution in [0.25, 0.3) is 10.1 Å². The van der Waals surface area contributed by atoms with Crippen molar-refractivity contribution in [2.75, 3.05) is 13.6 Å². The number of aliphatic hydroxyl groups excluding tert-OH is 1. The molecule has 0 aliphatic carbocycles. The van der Waals surface area contributed by atoms with Crippen molar-refractivity contribution in [1.82, 2.24) is 10.6 Å². The Bertz CT molecular complexity index is 1040. The molecule has 0 saturated heterocycles. The fraction of sp³-hybridized carbons (Fsp3) is 0.211. The molecule has 7 nitrogen and oxygen atoms in total. The monoisotopic (exact) mass is 418 g/mol. The summed E-state index contributed by atoms with van der Waals surface area (Å²) in [4.78, 5) is 5.10. The number of hydrogen-bond acceptors (Lipinski definition) is 5. The molecule has 0 saturated carbocycles. The van der Waals surface area contributed by atoms with Crippen molar-refractivity contribution in [1.29, 1.82) is 0 Å². The standard InChI is InChI=1S/C19H22N4O3S2/c1-21-19(22-11-13-6-8-15(9-7-13)28(20,25)26)23-12-16(24)18-10-14-4-2-3-5-17(14)27-18/h2-10,16,24H,11-12H2,1H3,(H2,20,25,26)(H2,21,22,23). The second kappa shape index (κ2) is 8.70. The highest BCUT2D eigenvalue weighted by atomic mass is 32.2. The maximum Gasteiger partial charge on any atom is 0.238 e. The van der Waals surface area contributed by atoms with Crippen LogP contribution in [0.1, 0.15) is 16.5 Å². The van der Waals surface area contributed by atoms with E-state index in [2.05, 4.69) is 15.6 Å². The van der Waals surface area contributed by atoms with Crippen molar-refractivity contribution in [3.63, 3.8) is 0 Å². The predicted molar refractivity (Wildman–Crippen MR) is 113 cm³/mol. The number of nitrogens with two attached hydrogens (primary N) is 1. The molecular weight excluding hydrogens is 396 g/mol. The average molecular weight is 419 g/mol. The third-order valence-electron chi connectivity index (χ3n) is 4.17. The lowest BCUT2D eigenvalue weighted by Crippen LogP contribution is -2.38. The van der Waals surface area contributed by atoms with Gasteiger partial charge < -0.3 is 15.7 Å². The number of sulfonamides is 1. The lowest BCUT2D eigenvalue weighted by Gasteiger charge is -2.14. The van der Waals surface area contributed by atoms with Crippen molar-refractivity contribution in [2.24, 2.45) is 10.1 Å². The van der Waals surface area contributed by atoms with Gasteiger partial charge in [-0.15, -0.1) is 11.3 Å². The normalized spacial score (nSPS) is 13.5. The van der Waals surface area contributed by atoms with E-state index in [1.54, 1.807) is 30.5 Å². The molecule has 1 unspecified atom stereocenters. The van der Waals surface area contributed by atoms with Crippen LogP contribution in [0.15, 0.2) is 64.5 Å². The molecule has 2 aromatic carbocycles. The summed E-state index contributed by atoms with van der Waals surface area (Å²) < 4.78 is 23.7. The number of fused-ring (bicyclic) bond motifs is 1. The summed E-state index contributed by atoms with van der Waals surface area (Å²) in [5.74, 6) is 0.538. The molecule has 0 radical (unpaired) electrons. The number of nitrogens with zero attached hydrogens (tertiary/aromatic N) is 1. The van der Waals surface area contributed by atoms with Crippen molar-refractivity contribution in [3.05, 3.63) is 65.0 Å². The summed E-state index contributed by atoms with van der Waals surface area (Å²) in [5.41, 5.74) is 0.875. The van der Waals surface area contributed by atoms with Crippen LogP contribution in [0.4, 0.5) is 0 Å². The molecule has 28 heavy (non-hydrogen) atoms. The van der Waals surface area contributed by atoms with E-state index in [4.69, 9.17) is 5.14 Å². The lowest BCUT2D eigenvalue weighted by molar-refractivity contribution is 0.184. The van der Waals surface area contributed by atoms with E-state index < -0.39 is 16.1 Å². The number of thiophene rings is 1. The number of primary sulfonamides is 1. The first-order chi connectivity index (χ1) is 13.4. The third-order valence-corrected chi connectivity index (χ3v) is 6.32. The molecular formula is C19H22N4O3S2. The van der Waals surface area contributed by atoms with Gasteiger partial charge in [-0.05, 0) is 35.2 Å². The minimum atomic E-state index is -3.69. The molecule has 0 spiro atoms. The summed E-state index contributed by atoms with van der Waals surface area (Å²) in [7, 11) is -2.05. The number of nitrogens with one attached hydrogen (secondary N) is 2. The fourth-order valence-corrected chi connectivity index (χ4v) is 4.23. The minimum Gasteiger partial charge on any atom is -0.386 e. The van der Waals surface area contributed by atoms with E-state index in [-0.39, 0.29) is 4.90 Å². The van der Waals surface area contributed by atoms with Gasteiger partial charge in [-0.25, -0.2) is 13.6 Å². The topological polar surface area (TPSA) is 117 Å². The van der Waals surface area contributed by atoms with Crippen LogP contribution < -0.4 is 15.8 Å². The Hall–Kier alpha value is -2.46. The minimum absolute atomic E-state index is 0.0743. The number of guanidine groups is 1. The first-order valence-corrected chi connectivity index (χ1v) is 11.0. The summed E-state index contributed by atoms with van der Waals surface area (Å²) in [6, 6.07) is 16.3. The number of aliphatic imine (C=N–C) groups is 1. The summed E-state index contributed by atoms with van der Waals surface area (Å²) in [5, 5.41) is 22.9. The van der Waals surface area contributed by atoms with Crippen LogP contribution in [-0.2, 0) is 16.6 Å². The summed E-state index contributed by atoms with van der Waals surface area (Å²) >= 11 is 1.57. The molecule has 0 bridgehead atoms. The maximum absolute atomic E-state index is 11.3. The zero-order valence-electron chi connectivity index (χ0n) is 15.3. The Morgan fingerprint density at radius 3 is 2.54 bits per heavy atom. The van der Waals surface area contributed by atoms with Crippen molar-refractivity contribution >= 4 is 37.4 Å². The van der Waals surface area contributed by atoms with Crippen LogP contribution in [0.3, 0.4) is 0 Å². The zero-order chi connectivity index (χ0) is 20.1. The van der Waals surface area contributed by atoms with E-state index in [1.807, 2.05) is 30.3 Å². The fourth-order valence-electron chi connectivity index (χ4n) is 2.66. The number of rotatable bonds is 6. The molecule has 0 aliphatic heterocycles. The number of aliphatic hydroxyl groups is 1. The van der Waals surface area contributed by atoms with Gasteiger partial charge in [0.05, 0.1) is 4.90 Å². The first kappa shape index (κ1) is 20.3. The highest BCUT2D eigenvalue weighted by Crippen LogP contribution is 2.29. The average Bonchev–Trinajstić information content (AvgIpc) is 3.12. The van der Waals surface area contributed by atoms with Gasteiger partial charge in [0.2, 0.25) is 10.0 Å². The molecule has 1 aromatic heterocycles. The van der Waals surface area contributed by atoms with Crippen LogP contribution >= 0.6 is 11.3 Å². The van der Waals surface area contributed by atoms with Gasteiger partial charge in [-0.2, -0.15) is 0 Å². The molecule has 9 heteroatoms. The quantitative estimate of drug-likeness (QED) is 0.361. The van der Waals surface area contributed by atoms with Gasteiger partial charge in [0, 0.05) is 29.7 Å². The maximum atomic E-state index is 11.3. The summed E-state index contributed by atoms with van der Waals surface area (Å²) in [6.07, 6.45) is -0.648. The van der Waals surface area contributed by atoms with Gasteiger partial charge in [0.15, 0.2) is 5.96 Å². The van der Waals surface area contributed by atoms with Gasteiger partial charge in [0.25, 0.3) is 0 Å². The van der Waals surface area contributed by atoms with Gasteiger partial charge in [-0.3, -0.25) is 4.99 Å². The van der Waals surface area contributed by atoms with E-state index in [1.165, 1.54) is 12.1 Å². The predicted octanol–water partition coefficient (Wildman–Crippen LogP) is 1.95. The lowest BCUT2D eigenvalue weighted by atomic mass is 10.2. The van der Waals surface area contributed by atoms with Crippen molar-refractivity contribution < 1.29 is 13.5 Å². The third kappa shape index (κ3) is 5.08. The van der Waals surface area contributed by atoms with Crippen molar-refractivity contribution in [3.8, 4) is 0 Å². The van der Waals surface area contributed by atoms with E-state index >= 15 is 0 Å². The molecule has 5 N–H and O–H groups in total. The molecule has 0 amide bonds. The SMILES string of the molecule is CN=C(NCc1ccc(S(N)(=O)=O)cc1)NCC(O)c1cc2ccccc2s1. The van der Waals surface area contributed by atoms with E-state index in [0.29, 0.717) is 19.0 Å². The molecule has 148 valence electrons. The highest BCUT2D eigenvalue weighted by Gasteiger charge is 2.12. The largest absolute Gasteiger partial charge is 0.386 e. The Labute approximate surface area is 168 Å². The van der Waals surface area contributed by atoms with E-state index in [0.717, 1.165) is 20.5 Å². The molecule has 1 atom stereocenters. The molecule has 3 aromatic rings. The molecule has 0 fully saturated rings. The van der Waals surface area contributed by atoms with E-state index in [9.17, 15) is 13.5 Å². The Kier molecular flexibility index (Phi) is 6.30. The van der Waals surface area contributed by atoms with Crippen LogP contribution in [0.5, 0.6) is 0 Å². The highest BCUT2D eigenvalue weighted by molar-refractivity contribution is 7.89. The van der Waals surface area contributed by atoms with Crippen molar-refractivity contribution in [2.45, 2.75) is 17.5 Å².